The Morgan fingerprint density at radius 2 is 1.73 bits per heavy atom. The Kier molecular flexibility index (Phi) is 6.47. The molecule has 0 heterocycles. The van der Waals surface area contributed by atoms with Gasteiger partial charge >= 0.3 is 0 Å². The molecule has 30 heavy (non-hydrogen) atoms. The van der Waals surface area contributed by atoms with E-state index in [2.05, 4.69) is 19.9 Å². The van der Waals surface area contributed by atoms with Crippen LogP contribution in [0.4, 0.5) is 0 Å². The first-order valence-electron chi connectivity index (χ1n) is 12.1. The van der Waals surface area contributed by atoms with E-state index in [9.17, 15) is 4.79 Å². The zero-order valence-corrected chi connectivity index (χ0v) is 19.3. The fourth-order valence-electron chi connectivity index (χ4n) is 7.37. The van der Waals surface area contributed by atoms with E-state index in [4.69, 9.17) is 18.9 Å². The van der Waals surface area contributed by atoms with Gasteiger partial charge in [0.25, 0.3) is 0 Å². The number of fused-ring (bicyclic) bond motifs is 5. The van der Waals surface area contributed by atoms with Crippen molar-refractivity contribution >= 4 is 5.78 Å². The van der Waals surface area contributed by atoms with Crippen LogP contribution in [-0.2, 0) is 23.7 Å². The van der Waals surface area contributed by atoms with E-state index in [0.717, 1.165) is 32.1 Å². The SMILES string of the molecule is CCOCO[C@H]1CC[C@@]2(C)[C@H](CC[C@@H]3[C@@H]2CC[C@]2(C)C(=O)C=CC32OCOCC)C1. The van der Waals surface area contributed by atoms with Gasteiger partial charge in [-0.15, -0.1) is 0 Å². The first kappa shape index (κ1) is 22.4. The van der Waals surface area contributed by atoms with Crippen LogP contribution in [0.1, 0.15) is 72.6 Å². The van der Waals surface area contributed by atoms with Gasteiger partial charge in [0, 0.05) is 13.2 Å². The molecule has 170 valence electrons. The summed E-state index contributed by atoms with van der Waals surface area (Å²) in [5, 5.41) is 0. The lowest BCUT2D eigenvalue weighted by molar-refractivity contribution is -0.237. The van der Waals surface area contributed by atoms with E-state index in [1.807, 2.05) is 13.8 Å². The van der Waals surface area contributed by atoms with Crippen molar-refractivity contribution in [3.05, 3.63) is 12.2 Å². The van der Waals surface area contributed by atoms with Crippen LogP contribution in [0.15, 0.2) is 12.2 Å². The van der Waals surface area contributed by atoms with E-state index in [-0.39, 0.29) is 18.0 Å². The molecule has 0 radical (unpaired) electrons. The molecular formula is C25H40O5. The van der Waals surface area contributed by atoms with Gasteiger partial charge < -0.3 is 18.9 Å². The first-order chi connectivity index (χ1) is 14.4. The molecule has 4 aliphatic carbocycles. The van der Waals surface area contributed by atoms with E-state index in [1.54, 1.807) is 6.08 Å². The Hall–Kier alpha value is -0.750. The predicted octanol–water partition coefficient (Wildman–Crippen LogP) is 4.89. The summed E-state index contributed by atoms with van der Waals surface area (Å²) < 4.78 is 23.6. The second kappa shape index (κ2) is 8.65. The molecule has 7 atom stereocenters. The molecule has 0 aromatic carbocycles. The van der Waals surface area contributed by atoms with Crippen molar-refractivity contribution in [2.45, 2.75) is 84.3 Å². The Morgan fingerprint density at radius 1 is 0.967 bits per heavy atom. The molecule has 4 rings (SSSR count). The highest BCUT2D eigenvalue weighted by Crippen LogP contribution is 2.66. The maximum atomic E-state index is 12.9. The molecule has 4 aliphatic rings. The molecule has 0 aromatic heterocycles. The monoisotopic (exact) mass is 420 g/mol. The highest BCUT2D eigenvalue weighted by Gasteiger charge is 2.67. The summed E-state index contributed by atoms with van der Waals surface area (Å²) in [6.07, 6.45) is 11.9. The third kappa shape index (κ3) is 3.41. The van der Waals surface area contributed by atoms with Gasteiger partial charge in [0.05, 0.1) is 11.5 Å². The quantitative estimate of drug-likeness (QED) is 0.413. The molecular weight excluding hydrogens is 380 g/mol. The number of rotatable bonds is 8. The summed E-state index contributed by atoms with van der Waals surface area (Å²) in [6, 6.07) is 0. The molecule has 0 amide bonds. The summed E-state index contributed by atoms with van der Waals surface area (Å²) in [5.41, 5.74) is -0.679. The lowest BCUT2D eigenvalue weighted by Gasteiger charge is -2.63. The predicted molar refractivity (Wildman–Crippen MR) is 115 cm³/mol. The van der Waals surface area contributed by atoms with Crippen molar-refractivity contribution in [2.75, 3.05) is 26.8 Å². The maximum absolute atomic E-state index is 12.9. The van der Waals surface area contributed by atoms with Crippen LogP contribution in [-0.4, -0.2) is 44.3 Å². The van der Waals surface area contributed by atoms with Gasteiger partial charge in [-0.3, -0.25) is 4.79 Å². The number of hydrogen-bond acceptors (Lipinski definition) is 5. The average molecular weight is 421 g/mol. The van der Waals surface area contributed by atoms with Gasteiger partial charge in [0.2, 0.25) is 0 Å². The van der Waals surface area contributed by atoms with Gasteiger partial charge in [-0.25, -0.2) is 0 Å². The molecule has 0 aliphatic heterocycles. The van der Waals surface area contributed by atoms with Crippen molar-refractivity contribution in [1.29, 1.82) is 0 Å². The first-order valence-corrected chi connectivity index (χ1v) is 12.1. The summed E-state index contributed by atoms with van der Waals surface area (Å²) in [4.78, 5) is 12.9. The smallest absolute Gasteiger partial charge is 0.164 e. The minimum Gasteiger partial charge on any atom is -0.356 e. The minimum atomic E-state index is -0.515. The molecule has 0 saturated heterocycles. The van der Waals surface area contributed by atoms with E-state index < -0.39 is 11.0 Å². The summed E-state index contributed by atoms with van der Waals surface area (Å²) in [5.74, 6) is 1.86. The third-order valence-electron chi connectivity index (χ3n) is 9.22. The van der Waals surface area contributed by atoms with Crippen molar-refractivity contribution in [3.8, 4) is 0 Å². The Morgan fingerprint density at radius 3 is 2.50 bits per heavy atom. The van der Waals surface area contributed by atoms with Gasteiger partial charge in [0.1, 0.15) is 19.2 Å². The van der Waals surface area contributed by atoms with Crippen LogP contribution in [0.25, 0.3) is 0 Å². The minimum absolute atomic E-state index is 0.234. The van der Waals surface area contributed by atoms with Crippen molar-refractivity contribution in [2.24, 2.45) is 28.6 Å². The number of allylic oxidation sites excluding steroid dienone is 1. The molecule has 3 fully saturated rings. The largest absolute Gasteiger partial charge is 0.356 e. The van der Waals surface area contributed by atoms with Crippen LogP contribution >= 0.6 is 0 Å². The highest BCUT2D eigenvalue weighted by atomic mass is 16.7. The van der Waals surface area contributed by atoms with Gasteiger partial charge in [-0.05, 0) is 101 Å². The maximum Gasteiger partial charge on any atom is 0.164 e. The Labute approximate surface area is 181 Å². The van der Waals surface area contributed by atoms with Crippen molar-refractivity contribution in [1.82, 2.24) is 0 Å². The standard InChI is InChI=1S/C25H40O5/c1-5-27-16-29-19-9-12-23(3)18(15-19)7-8-21-20(23)10-13-24(4)22(26)11-14-25(21,24)30-17-28-6-2/h11,14,18-21H,5-10,12-13,15-17H2,1-4H3/t18-,19+,20+,21-,23+,24-,25?/m1/s1. The highest BCUT2D eigenvalue weighted by molar-refractivity contribution is 5.99. The lowest BCUT2D eigenvalue weighted by Crippen LogP contribution is -2.63. The molecule has 1 unspecified atom stereocenters. The molecule has 0 aromatic rings. The molecule has 0 spiro atoms. The topological polar surface area (TPSA) is 54.0 Å². The molecule has 3 saturated carbocycles. The van der Waals surface area contributed by atoms with E-state index in [1.165, 1.54) is 12.8 Å². The van der Waals surface area contributed by atoms with Gasteiger partial charge in [-0.1, -0.05) is 6.92 Å². The number of ether oxygens (including phenoxy) is 4. The van der Waals surface area contributed by atoms with Crippen LogP contribution in [0, 0.1) is 28.6 Å². The lowest BCUT2D eigenvalue weighted by atomic mass is 9.44. The van der Waals surface area contributed by atoms with E-state index in [0.29, 0.717) is 43.9 Å². The fraction of sp³-hybridized carbons (Fsp3) is 0.880. The summed E-state index contributed by atoms with van der Waals surface area (Å²) >= 11 is 0. The average Bonchev–Trinajstić information content (AvgIpc) is 3.00. The van der Waals surface area contributed by atoms with Crippen LogP contribution in [0.2, 0.25) is 0 Å². The second-order valence-corrected chi connectivity index (χ2v) is 10.3. The fourth-order valence-corrected chi connectivity index (χ4v) is 7.37. The number of ketones is 1. The van der Waals surface area contributed by atoms with Crippen molar-refractivity contribution < 1.29 is 23.7 Å². The van der Waals surface area contributed by atoms with Crippen LogP contribution in [0.5, 0.6) is 0 Å². The molecule has 5 nitrogen and oxygen atoms in total. The third-order valence-corrected chi connectivity index (χ3v) is 9.22. The zero-order valence-electron chi connectivity index (χ0n) is 19.3. The second-order valence-electron chi connectivity index (χ2n) is 10.3. The zero-order chi connectivity index (χ0) is 21.4. The molecule has 0 bridgehead atoms. The van der Waals surface area contributed by atoms with Crippen LogP contribution < -0.4 is 0 Å². The van der Waals surface area contributed by atoms with Crippen molar-refractivity contribution in [3.63, 3.8) is 0 Å². The summed E-state index contributed by atoms with van der Waals surface area (Å²) in [7, 11) is 0. The number of carbonyl (C=O) groups is 1. The number of carbonyl (C=O) groups excluding carboxylic acids is 1. The Bertz CT molecular complexity index is 662. The molecule has 0 N–H and O–H groups in total. The van der Waals surface area contributed by atoms with Gasteiger partial charge in [0.15, 0.2) is 5.78 Å². The Balaban J connectivity index is 1.55. The van der Waals surface area contributed by atoms with E-state index >= 15 is 0 Å². The normalized spacial score (nSPS) is 45.1. The molecule has 5 heteroatoms. The van der Waals surface area contributed by atoms with Gasteiger partial charge in [-0.2, -0.15) is 0 Å². The number of hydrogen-bond donors (Lipinski definition) is 0. The van der Waals surface area contributed by atoms with Crippen LogP contribution in [0.3, 0.4) is 0 Å². The summed E-state index contributed by atoms with van der Waals surface area (Å²) in [6.45, 7) is 10.6.